The van der Waals surface area contributed by atoms with Crippen molar-refractivity contribution in [1.82, 2.24) is 4.90 Å². The predicted octanol–water partition coefficient (Wildman–Crippen LogP) is 2.53. The Balaban J connectivity index is 1.61. The number of ether oxygens (including phenoxy) is 1. The van der Waals surface area contributed by atoms with E-state index in [1.165, 1.54) is 6.07 Å². The fourth-order valence-corrected chi connectivity index (χ4v) is 3.04. The molecule has 0 aliphatic carbocycles. The van der Waals surface area contributed by atoms with E-state index in [0.717, 1.165) is 25.0 Å². The van der Waals surface area contributed by atoms with Gasteiger partial charge in [-0.1, -0.05) is 6.07 Å². The smallest absolute Gasteiger partial charge is 0.368 e. The molecule has 0 spiro atoms. The molecule has 1 amide bonds. The van der Waals surface area contributed by atoms with Crippen LogP contribution in [0.3, 0.4) is 0 Å². The maximum Gasteiger partial charge on any atom is 0.416 e. The van der Waals surface area contributed by atoms with Crippen LogP contribution in [0.25, 0.3) is 0 Å². The van der Waals surface area contributed by atoms with Crippen molar-refractivity contribution in [3.8, 4) is 0 Å². The van der Waals surface area contributed by atoms with Crippen LogP contribution in [0, 0.1) is 0 Å². The molecule has 2 aliphatic rings. The standard InChI is InChI=1S/C16H19F3N2O2/c17-16(18,19)12-3-1-4-13(11-12)20-6-8-21(9-7-20)15(22)14-5-2-10-23-14/h1,3-4,11,14H,2,5-10H2/t14-/m0/s1. The first-order valence-corrected chi connectivity index (χ1v) is 7.78. The summed E-state index contributed by atoms with van der Waals surface area (Å²) in [5.74, 6) is 0.00573. The lowest BCUT2D eigenvalue weighted by molar-refractivity contribution is -0.141. The number of halogens is 3. The molecular formula is C16H19F3N2O2. The predicted molar refractivity (Wildman–Crippen MR) is 79.2 cm³/mol. The SMILES string of the molecule is O=C([C@@H]1CCCO1)N1CCN(c2cccc(C(F)(F)F)c2)CC1. The van der Waals surface area contributed by atoms with Gasteiger partial charge in [-0.25, -0.2) is 0 Å². The third-order valence-electron chi connectivity index (χ3n) is 4.34. The normalized spacial score (nSPS) is 22.5. The molecule has 2 fully saturated rings. The fraction of sp³-hybridized carbons (Fsp3) is 0.562. The lowest BCUT2D eigenvalue weighted by Gasteiger charge is -2.37. The third kappa shape index (κ3) is 3.60. The van der Waals surface area contributed by atoms with Gasteiger partial charge in [-0.05, 0) is 31.0 Å². The third-order valence-corrected chi connectivity index (χ3v) is 4.34. The van der Waals surface area contributed by atoms with E-state index < -0.39 is 11.7 Å². The fourth-order valence-electron chi connectivity index (χ4n) is 3.04. The van der Waals surface area contributed by atoms with Gasteiger partial charge < -0.3 is 14.5 Å². The van der Waals surface area contributed by atoms with Gasteiger partial charge in [-0.3, -0.25) is 4.79 Å². The summed E-state index contributed by atoms with van der Waals surface area (Å²) in [7, 11) is 0. The Bertz CT molecular complexity index is 563. The minimum Gasteiger partial charge on any atom is -0.368 e. The van der Waals surface area contributed by atoms with Gasteiger partial charge >= 0.3 is 6.18 Å². The first kappa shape index (κ1) is 16.1. The highest BCUT2D eigenvalue weighted by molar-refractivity contribution is 5.81. The lowest BCUT2D eigenvalue weighted by Crippen LogP contribution is -2.51. The van der Waals surface area contributed by atoms with E-state index in [1.807, 2.05) is 4.90 Å². The van der Waals surface area contributed by atoms with E-state index in [0.29, 0.717) is 38.5 Å². The van der Waals surface area contributed by atoms with Crippen LogP contribution in [0.5, 0.6) is 0 Å². The molecule has 2 aliphatic heterocycles. The molecule has 1 aromatic rings. The summed E-state index contributed by atoms with van der Waals surface area (Å²) >= 11 is 0. The van der Waals surface area contributed by atoms with Crippen LogP contribution < -0.4 is 4.90 Å². The summed E-state index contributed by atoms with van der Waals surface area (Å²) < 4.78 is 43.8. The zero-order chi connectivity index (χ0) is 16.4. The molecule has 2 heterocycles. The van der Waals surface area contributed by atoms with Gasteiger partial charge in [0.25, 0.3) is 5.91 Å². The van der Waals surface area contributed by atoms with E-state index >= 15 is 0 Å². The number of rotatable bonds is 2. The average Bonchev–Trinajstić information content (AvgIpc) is 3.08. The van der Waals surface area contributed by atoms with Crippen LogP contribution >= 0.6 is 0 Å². The number of hydrogen-bond acceptors (Lipinski definition) is 3. The van der Waals surface area contributed by atoms with Crippen LogP contribution in [-0.2, 0) is 15.7 Å². The van der Waals surface area contributed by atoms with Gasteiger partial charge in [0.1, 0.15) is 6.10 Å². The average molecular weight is 328 g/mol. The molecule has 1 aromatic carbocycles. The molecule has 23 heavy (non-hydrogen) atoms. The zero-order valence-electron chi connectivity index (χ0n) is 12.7. The van der Waals surface area contributed by atoms with Crippen molar-refractivity contribution in [2.24, 2.45) is 0 Å². The van der Waals surface area contributed by atoms with E-state index in [4.69, 9.17) is 4.74 Å². The van der Waals surface area contributed by atoms with Crippen LogP contribution in [-0.4, -0.2) is 49.7 Å². The Morgan fingerprint density at radius 3 is 2.52 bits per heavy atom. The first-order valence-electron chi connectivity index (χ1n) is 7.78. The molecule has 7 heteroatoms. The van der Waals surface area contributed by atoms with Crippen LogP contribution in [0.4, 0.5) is 18.9 Å². The van der Waals surface area contributed by atoms with Crippen LogP contribution in [0.1, 0.15) is 18.4 Å². The highest BCUT2D eigenvalue weighted by Crippen LogP contribution is 2.32. The van der Waals surface area contributed by atoms with Gasteiger partial charge in [0, 0.05) is 38.5 Å². The monoisotopic (exact) mass is 328 g/mol. The van der Waals surface area contributed by atoms with Crippen molar-refractivity contribution in [2.45, 2.75) is 25.1 Å². The molecule has 126 valence electrons. The largest absolute Gasteiger partial charge is 0.416 e. The molecule has 0 aromatic heterocycles. The maximum atomic E-state index is 12.8. The molecule has 0 radical (unpaired) electrons. The van der Waals surface area contributed by atoms with E-state index in [1.54, 1.807) is 11.0 Å². The van der Waals surface area contributed by atoms with Crippen molar-refractivity contribution >= 4 is 11.6 Å². The second kappa shape index (κ2) is 6.39. The van der Waals surface area contributed by atoms with Gasteiger partial charge in [0.05, 0.1) is 5.56 Å². The number of piperazine rings is 1. The molecule has 0 saturated carbocycles. The Morgan fingerprint density at radius 2 is 1.91 bits per heavy atom. The Labute approximate surface area is 132 Å². The summed E-state index contributed by atoms with van der Waals surface area (Å²) in [5.41, 5.74) is -0.100. The highest BCUT2D eigenvalue weighted by Gasteiger charge is 2.32. The van der Waals surface area contributed by atoms with Gasteiger partial charge in [-0.15, -0.1) is 0 Å². The van der Waals surface area contributed by atoms with Gasteiger partial charge in [0.2, 0.25) is 0 Å². The number of hydrogen-bond donors (Lipinski definition) is 0. The summed E-state index contributed by atoms with van der Waals surface area (Å²) in [5, 5.41) is 0. The Kier molecular flexibility index (Phi) is 4.48. The van der Waals surface area contributed by atoms with Crippen molar-refractivity contribution in [3.05, 3.63) is 29.8 Å². The van der Waals surface area contributed by atoms with Crippen molar-refractivity contribution in [3.63, 3.8) is 0 Å². The van der Waals surface area contributed by atoms with Crippen molar-refractivity contribution < 1.29 is 22.7 Å². The number of anilines is 1. The second-order valence-corrected chi connectivity index (χ2v) is 5.86. The van der Waals surface area contributed by atoms with Crippen molar-refractivity contribution in [1.29, 1.82) is 0 Å². The van der Waals surface area contributed by atoms with Crippen LogP contribution in [0.2, 0.25) is 0 Å². The van der Waals surface area contributed by atoms with Crippen molar-refractivity contribution in [2.75, 3.05) is 37.7 Å². The second-order valence-electron chi connectivity index (χ2n) is 5.86. The van der Waals surface area contributed by atoms with Crippen LogP contribution in [0.15, 0.2) is 24.3 Å². The zero-order valence-corrected chi connectivity index (χ0v) is 12.7. The summed E-state index contributed by atoms with van der Waals surface area (Å²) in [4.78, 5) is 15.9. The molecule has 0 unspecified atom stereocenters. The molecular weight excluding hydrogens is 309 g/mol. The maximum absolute atomic E-state index is 12.8. The molecule has 4 nitrogen and oxygen atoms in total. The van der Waals surface area contributed by atoms with E-state index in [9.17, 15) is 18.0 Å². The quantitative estimate of drug-likeness (QED) is 0.836. The topological polar surface area (TPSA) is 32.8 Å². The summed E-state index contributed by atoms with van der Waals surface area (Å²) in [6, 6.07) is 5.33. The van der Waals surface area contributed by atoms with Gasteiger partial charge in [0.15, 0.2) is 0 Å². The minimum absolute atomic E-state index is 0.00573. The molecule has 3 rings (SSSR count). The minimum atomic E-state index is -4.34. The number of amides is 1. The number of benzene rings is 1. The number of alkyl halides is 3. The number of carbonyl (C=O) groups is 1. The molecule has 0 bridgehead atoms. The first-order chi connectivity index (χ1) is 10.9. The highest BCUT2D eigenvalue weighted by atomic mass is 19.4. The molecule has 0 N–H and O–H groups in total. The Hall–Kier alpha value is -1.76. The summed E-state index contributed by atoms with van der Waals surface area (Å²) in [6.07, 6.45) is -3.02. The Morgan fingerprint density at radius 1 is 1.17 bits per heavy atom. The van der Waals surface area contributed by atoms with E-state index in [2.05, 4.69) is 0 Å². The molecule has 1 atom stereocenters. The summed E-state index contributed by atoms with van der Waals surface area (Å²) in [6.45, 7) is 2.70. The van der Waals surface area contributed by atoms with E-state index in [-0.39, 0.29) is 12.0 Å². The number of carbonyl (C=O) groups excluding carboxylic acids is 1. The number of nitrogens with zero attached hydrogens (tertiary/aromatic N) is 2. The van der Waals surface area contributed by atoms with Gasteiger partial charge in [-0.2, -0.15) is 13.2 Å². The lowest BCUT2D eigenvalue weighted by atomic mass is 10.1. The molecule has 2 saturated heterocycles.